The van der Waals surface area contributed by atoms with Crippen LogP contribution in [0.25, 0.3) is 0 Å². The van der Waals surface area contributed by atoms with Gasteiger partial charge in [0.15, 0.2) is 5.82 Å². The molecule has 1 heterocycles. The van der Waals surface area contributed by atoms with Crippen molar-refractivity contribution in [1.29, 1.82) is 0 Å². The summed E-state index contributed by atoms with van der Waals surface area (Å²) in [7, 11) is 0. The molecule has 17 heavy (non-hydrogen) atoms. The number of aryl methyl sites for hydroxylation is 1. The lowest BCUT2D eigenvalue weighted by Crippen LogP contribution is -1.96. The normalized spacial score (nSPS) is 10.2. The van der Waals surface area contributed by atoms with Crippen molar-refractivity contribution in [2.45, 2.75) is 19.8 Å². The summed E-state index contributed by atoms with van der Waals surface area (Å²) in [4.78, 5) is 4.01. The minimum atomic E-state index is 0.137. The van der Waals surface area contributed by atoms with Crippen LogP contribution in [0.1, 0.15) is 18.9 Å². The van der Waals surface area contributed by atoms with Crippen molar-refractivity contribution in [1.82, 2.24) is 15.2 Å². The summed E-state index contributed by atoms with van der Waals surface area (Å²) in [5.74, 6) is 0.591. The largest absolute Gasteiger partial charge is 0.339 e. The Hall–Kier alpha value is -1.68. The van der Waals surface area contributed by atoms with E-state index in [1.54, 1.807) is 0 Å². The Balaban J connectivity index is 2.08. The van der Waals surface area contributed by atoms with E-state index < -0.39 is 0 Å². The Morgan fingerprint density at radius 3 is 2.65 bits per heavy atom. The smallest absolute Gasteiger partial charge is 0.244 e. The molecule has 4 nitrogen and oxygen atoms in total. The van der Waals surface area contributed by atoms with E-state index in [1.807, 2.05) is 12.1 Å². The van der Waals surface area contributed by atoms with Gasteiger partial charge in [-0.2, -0.15) is 10.1 Å². The molecule has 0 aliphatic carbocycles. The van der Waals surface area contributed by atoms with E-state index in [0.29, 0.717) is 5.82 Å². The van der Waals surface area contributed by atoms with E-state index in [9.17, 15) is 0 Å². The van der Waals surface area contributed by atoms with Gasteiger partial charge in [-0.05, 0) is 35.7 Å². The molecule has 0 fully saturated rings. The van der Waals surface area contributed by atoms with Crippen molar-refractivity contribution in [3.05, 3.63) is 41.3 Å². The summed E-state index contributed by atoms with van der Waals surface area (Å²) in [6, 6.07) is 8.23. The fraction of sp³-hybridized carbons (Fsp3) is 0.250. The van der Waals surface area contributed by atoms with Crippen LogP contribution in [0.15, 0.2) is 30.5 Å². The number of halogens is 1. The Bertz CT molecular complexity index is 484. The summed E-state index contributed by atoms with van der Waals surface area (Å²) >= 11 is 5.65. The van der Waals surface area contributed by atoms with Crippen LogP contribution in [0.2, 0.25) is 5.28 Å². The average Bonchev–Trinajstić information content (AvgIpc) is 2.32. The van der Waals surface area contributed by atoms with E-state index in [-0.39, 0.29) is 5.28 Å². The first-order chi connectivity index (χ1) is 8.28. The van der Waals surface area contributed by atoms with E-state index >= 15 is 0 Å². The van der Waals surface area contributed by atoms with Crippen LogP contribution in [0.4, 0.5) is 11.5 Å². The zero-order chi connectivity index (χ0) is 12.1. The van der Waals surface area contributed by atoms with Crippen molar-refractivity contribution in [3.8, 4) is 0 Å². The van der Waals surface area contributed by atoms with Gasteiger partial charge in [0.05, 0.1) is 6.20 Å². The minimum absolute atomic E-state index is 0.137. The molecule has 1 N–H and O–H groups in total. The van der Waals surface area contributed by atoms with E-state index in [0.717, 1.165) is 18.5 Å². The second-order valence-corrected chi connectivity index (χ2v) is 4.02. The van der Waals surface area contributed by atoms with Crippen LogP contribution in [0, 0.1) is 0 Å². The van der Waals surface area contributed by atoms with Crippen molar-refractivity contribution in [3.63, 3.8) is 0 Å². The number of aromatic nitrogens is 3. The molecule has 0 unspecified atom stereocenters. The first-order valence-electron chi connectivity index (χ1n) is 5.49. The summed E-state index contributed by atoms with van der Waals surface area (Å²) in [5, 5.41) is 10.6. The molecule has 0 saturated heterocycles. The number of nitrogens with zero attached hydrogens (tertiary/aromatic N) is 3. The Kier molecular flexibility index (Phi) is 3.88. The molecule has 0 saturated carbocycles. The van der Waals surface area contributed by atoms with Gasteiger partial charge in [-0.25, -0.2) is 0 Å². The molecule has 0 aliphatic heterocycles. The number of hydrogen-bond acceptors (Lipinski definition) is 4. The minimum Gasteiger partial charge on any atom is -0.339 e. The van der Waals surface area contributed by atoms with Crippen molar-refractivity contribution >= 4 is 23.1 Å². The first-order valence-corrected chi connectivity index (χ1v) is 5.87. The third-order valence-corrected chi connectivity index (χ3v) is 2.46. The highest BCUT2D eigenvalue weighted by atomic mass is 35.5. The molecule has 5 heteroatoms. The fourth-order valence-electron chi connectivity index (χ4n) is 1.53. The Morgan fingerprint density at radius 1 is 1.24 bits per heavy atom. The lowest BCUT2D eigenvalue weighted by Gasteiger charge is -2.05. The maximum atomic E-state index is 5.65. The molecule has 2 rings (SSSR count). The molecular formula is C12H13ClN4. The summed E-state index contributed by atoms with van der Waals surface area (Å²) in [5.41, 5.74) is 2.29. The zero-order valence-electron chi connectivity index (χ0n) is 9.52. The molecule has 1 aromatic carbocycles. The van der Waals surface area contributed by atoms with Gasteiger partial charge in [-0.1, -0.05) is 25.5 Å². The van der Waals surface area contributed by atoms with E-state index in [1.165, 1.54) is 11.8 Å². The van der Waals surface area contributed by atoms with Crippen LogP contribution in [-0.4, -0.2) is 15.2 Å². The number of benzene rings is 1. The fourth-order valence-corrected chi connectivity index (χ4v) is 1.67. The third kappa shape index (κ3) is 3.39. The Morgan fingerprint density at radius 2 is 2.00 bits per heavy atom. The van der Waals surface area contributed by atoms with Gasteiger partial charge in [0.2, 0.25) is 5.28 Å². The number of hydrogen-bond donors (Lipinski definition) is 1. The van der Waals surface area contributed by atoms with Crippen molar-refractivity contribution in [2.75, 3.05) is 5.32 Å². The summed E-state index contributed by atoms with van der Waals surface area (Å²) < 4.78 is 0. The topological polar surface area (TPSA) is 50.7 Å². The number of rotatable bonds is 4. The van der Waals surface area contributed by atoms with Crippen LogP contribution < -0.4 is 5.32 Å². The quantitative estimate of drug-likeness (QED) is 0.903. The SMILES string of the molecule is CCCc1ccc(Nc2cnnc(Cl)n2)cc1. The maximum Gasteiger partial charge on any atom is 0.244 e. The van der Waals surface area contributed by atoms with Gasteiger partial charge in [-0.3, -0.25) is 0 Å². The molecule has 88 valence electrons. The molecule has 0 amide bonds. The predicted octanol–water partition coefficient (Wildman–Crippen LogP) is 3.22. The van der Waals surface area contributed by atoms with Gasteiger partial charge < -0.3 is 5.32 Å². The number of anilines is 2. The van der Waals surface area contributed by atoms with Gasteiger partial charge in [0, 0.05) is 5.69 Å². The third-order valence-electron chi connectivity index (χ3n) is 2.30. The molecule has 0 radical (unpaired) electrons. The summed E-state index contributed by atoms with van der Waals surface area (Å²) in [6.07, 6.45) is 3.78. The second-order valence-electron chi connectivity index (χ2n) is 3.68. The average molecular weight is 249 g/mol. The standard InChI is InChI=1S/C12H13ClN4/c1-2-3-9-4-6-10(7-5-9)15-11-8-14-17-12(13)16-11/h4-8H,2-3H2,1H3,(H,15,16,17). The molecule has 0 atom stereocenters. The van der Waals surface area contributed by atoms with Crippen molar-refractivity contribution < 1.29 is 0 Å². The van der Waals surface area contributed by atoms with Gasteiger partial charge >= 0.3 is 0 Å². The van der Waals surface area contributed by atoms with E-state index in [4.69, 9.17) is 11.6 Å². The van der Waals surface area contributed by atoms with Crippen LogP contribution >= 0.6 is 11.6 Å². The van der Waals surface area contributed by atoms with Gasteiger partial charge in [0.1, 0.15) is 0 Å². The Labute approximate surface area is 105 Å². The summed E-state index contributed by atoms with van der Waals surface area (Å²) in [6.45, 7) is 2.17. The van der Waals surface area contributed by atoms with E-state index in [2.05, 4.69) is 39.6 Å². The van der Waals surface area contributed by atoms with Crippen LogP contribution in [-0.2, 0) is 6.42 Å². The molecule has 0 spiro atoms. The van der Waals surface area contributed by atoms with Gasteiger partial charge in [0.25, 0.3) is 0 Å². The molecule has 0 aliphatic rings. The zero-order valence-corrected chi connectivity index (χ0v) is 10.3. The monoisotopic (exact) mass is 248 g/mol. The number of nitrogens with one attached hydrogen (secondary N) is 1. The lowest BCUT2D eigenvalue weighted by atomic mass is 10.1. The molecule has 2 aromatic rings. The van der Waals surface area contributed by atoms with Gasteiger partial charge in [-0.15, -0.1) is 5.10 Å². The molecular weight excluding hydrogens is 236 g/mol. The lowest BCUT2D eigenvalue weighted by molar-refractivity contribution is 0.922. The highest BCUT2D eigenvalue weighted by molar-refractivity contribution is 6.28. The highest BCUT2D eigenvalue weighted by Gasteiger charge is 1.99. The second kappa shape index (κ2) is 5.59. The first kappa shape index (κ1) is 11.8. The highest BCUT2D eigenvalue weighted by Crippen LogP contribution is 2.15. The predicted molar refractivity (Wildman–Crippen MR) is 68.6 cm³/mol. The maximum absolute atomic E-state index is 5.65. The van der Waals surface area contributed by atoms with Crippen LogP contribution in [0.3, 0.4) is 0 Å². The molecule has 1 aromatic heterocycles. The van der Waals surface area contributed by atoms with Crippen LogP contribution in [0.5, 0.6) is 0 Å². The molecule has 0 bridgehead atoms. The van der Waals surface area contributed by atoms with Crippen molar-refractivity contribution in [2.24, 2.45) is 0 Å².